The Kier molecular flexibility index (Phi) is 2.36. The first-order valence-electron chi connectivity index (χ1n) is 1.91. The summed E-state index contributed by atoms with van der Waals surface area (Å²) in [7, 11) is 0. The van der Waals surface area contributed by atoms with Gasteiger partial charge in [-0.25, -0.2) is 4.39 Å². The Hall–Kier alpha value is -0.870. The molecule has 0 aliphatic heterocycles. The van der Waals surface area contributed by atoms with E-state index in [2.05, 4.69) is 0 Å². The first-order chi connectivity index (χ1) is 4.04. The van der Waals surface area contributed by atoms with E-state index in [4.69, 9.17) is 4.79 Å². The lowest BCUT2D eigenvalue weighted by atomic mass is 10.2. The Bertz CT molecular complexity index is 132. The van der Waals surface area contributed by atoms with Crippen LogP contribution < -0.4 is 0 Å². The van der Waals surface area contributed by atoms with Gasteiger partial charge in [0.05, 0.1) is 0 Å². The fourth-order valence-electron chi connectivity index (χ4n) is 0.141. The van der Waals surface area contributed by atoms with E-state index < -0.39 is 18.4 Å². The van der Waals surface area contributed by atoms with Gasteiger partial charge in [-0.1, -0.05) is 0 Å². The number of hydrogen-bond acceptors (Lipinski definition) is 2. The fourth-order valence-corrected chi connectivity index (χ4v) is 0.141. The van der Waals surface area contributed by atoms with Crippen molar-refractivity contribution in [2.45, 2.75) is 5.92 Å². The van der Waals surface area contributed by atoms with E-state index in [0.29, 0.717) is 0 Å². The fraction of sp³-hybridized carbons (Fsp3) is 0.500. The van der Waals surface area contributed by atoms with Crippen molar-refractivity contribution in [2.75, 3.05) is 6.67 Å². The third kappa shape index (κ3) is 1.83. The molecule has 0 spiro atoms. The number of Topliss-reactive ketones (excluding diaryl/α,β-unsaturated/α-hetero) is 1. The molecule has 0 aromatic rings. The Morgan fingerprint density at radius 2 is 2.00 bits per heavy atom. The number of ketones is 1. The topological polar surface area (TPSA) is 34.1 Å². The second-order valence-electron chi connectivity index (χ2n) is 1.23. The highest BCUT2D eigenvalue weighted by Crippen LogP contribution is 2.10. The first kappa shape index (κ1) is 8.13. The SMILES string of the molecule is O=[C]C(F)(F)C(=O)CF. The van der Waals surface area contributed by atoms with Crippen molar-refractivity contribution in [1.82, 2.24) is 0 Å². The highest BCUT2D eigenvalue weighted by Gasteiger charge is 2.38. The third-order valence-electron chi connectivity index (χ3n) is 0.600. The summed E-state index contributed by atoms with van der Waals surface area (Å²) < 4.78 is 34.1. The Morgan fingerprint density at radius 1 is 1.56 bits per heavy atom. The molecule has 0 rings (SSSR count). The molecule has 1 radical (unpaired) electrons. The largest absolute Gasteiger partial charge is 0.372 e. The highest BCUT2D eigenvalue weighted by molar-refractivity contribution is 6.00. The van der Waals surface area contributed by atoms with Crippen LogP contribution in [0.5, 0.6) is 0 Å². The van der Waals surface area contributed by atoms with Crippen LogP contribution >= 0.6 is 0 Å². The summed E-state index contributed by atoms with van der Waals surface area (Å²) >= 11 is 0. The third-order valence-corrected chi connectivity index (χ3v) is 0.600. The van der Waals surface area contributed by atoms with E-state index >= 15 is 0 Å². The van der Waals surface area contributed by atoms with Crippen molar-refractivity contribution in [3.63, 3.8) is 0 Å². The van der Waals surface area contributed by atoms with Crippen molar-refractivity contribution in [3.8, 4) is 0 Å². The van der Waals surface area contributed by atoms with Crippen molar-refractivity contribution in [1.29, 1.82) is 0 Å². The molecule has 0 aliphatic carbocycles. The quantitative estimate of drug-likeness (QED) is 0.526. The van der Waals surface area contributed by atoms with Crippen LogP contribution in [0.1, 0.15) is 0 Å². The number of carbonyl (C=O) groups is 1. The van der Waals surface area contributed by atoms with Crippen LogP contribution in [0.4, 0.5) is 13.2 Å². The molecular formula is C4H2F3O2. The van der Waals surface area contributed by atoms with Crippen LogP contribution in [0.15, 0.2) is 0 Å². The average Bonchev–Trinajstić information content (AvgIpc) is 1.86. The van der Waals surface area contributed by atoms with Crippen molar-refractivity contribution >= 4 is 12.1 Å². The summed E-state index contributed by atoms with van der Waals surface area (Å²) in [5.41, 5.74) is 0. The van der Waals surface area contributed by atoms with Crippen molar-refractivity contribution in [3.05, 3.63) is 0 Å². The number of halogens is 3. The lowest BCUT2D eigenvalue weighted by Gasteiger charge is -2.00. The minimum Gasteiger partial charge on any atom is -0.289 e. The normalized spacial score (nSPS) is 11.0. The van der Waals surface area contributed by atoms with Gasteiger partial charge in [-0.3, -0.25) is 9.59 Å². The zero-order valence-corrected chi connectivity index (χ0v) is 4.16. The second kappa shape index (κ2) is 2.61. The molecule has 0 aliphatic rings. The zero-order chi connectivity index (χ0) is 7.49. The van der Waals surface area contributed by atoms with E-state index in [0.717, 1.165) is 0 Å². The van der Waals surface area contributed by atoms with Crippen LogP contribution in [0.25, 0.3) is 0 Å². The summed E-state index contributed by atoms with van der Waals surface area (Å²) in [6.07, 6.45) is 0.119. The van der Waals surface area contributed by atoms with Crippen molar-refractivity contribution in [2.24, 2.45) is 0 Å². The van der Waals surface area contributed by atoms with Gasteiger partial charge < -0.3 is 0 Å². The van der Waals surface area contributed by atoms with E-state index in [9.17, 15) is 18.0 Å². The molecule has 0 saturated carbocycles. The molecule has 0 saturated heterocycles. The Labute approximate surface area is 48.7 Å². The molecule has 0 heterocycles. The molecule has 0 unspecified atom stereocenters. The minimum atomic E-state index is -4.27. The Morgan fingerprint density at radius 3 is 2.11 bits per heavy atom. The van der Waals surface area contributed by atoms with E-state index in [-0.39, 0.29) is 6.29 Å². The van der Waals surface area contributed by atoms with Gasteiger partial charge in [-0.2, -0.15) is 8.78 Å². The van der Waals surface area contributed by atoms with Gasteiger partial charge in [0.1, 0.15) is 0 Å². The summed E-state index contributed by atoms with van der Waals surface area (Å²) in [4.78, 5) is 18.8. The van der Waals surface area contributed by atoms with Gasteiger partial charge in [0, 0.05) is 0 Å². The number of alkyl halides is 3. The highest BCUT2D eigenvalue weighted by atomic mass is 19.3. The van der Waals surface area contributed by atoms with Crippen LogP contribution in [0.3, 0.4) is 0 Å². The average molecular weight is 139 g/mol. The van der Waals surface area contributed by atoms with Gasteiger partial charge in [-0.15, -0.1) is 0 Å². The minimum absolute atomic E-state index is 0.119. The molecule has 0 aromatic carbocycles. The number of hydrogen-bond donors (Lipinski definition) is 0. The van der Waals surface area contributed by atoms with Crippen molar-refractivity contribution < 1.29 is 22.8 Å². The van der Waals surface area contributed by atoms with E-state index in [1.54, 1.807) is 0 Å². The lowest BCUT2D eigenvalue weighted by Crippen LogP contribution is -2.31. The standard InChI is InChI=1S/C4H2F3O2/c5-1-3(9)4(6,7)2-8/h1H2. The molecule has 9 heavy (non-hydrogen) atoms. The summed E-state index contributed by atoms with van der Waals surface area (Å²) in [6.45, 7) is -1.84. The lowest BCUT2D eigenvalue weighted by molar-refractivity contribution is -0.135. The zero-order valence-electron chi connectivity index (χ0n) is 4.16. The predicted octanol–water partition coefficient (Wildman–Crippen LogP) is 0.270. The van der Waals surface area contributed by atoms with Crippen LogP contribution in [-0.4, -0.2) is 24.7 Å². The van der Waals surface area contributed by atoms with E-state index in [1.807, 2.05) is 0 Å². The predicted molar refractivity (Wildman–Crippen MR) is 21.6 cm³/mol. The molecular weight excluding hydrogens is 137 g/mol. The van der Waals surface area contributed by atoms with Crippen LogP contribution in [0, 0.1) is 0 Å². The molecule has 5 heteroatoms. The molecule has 2 nitrogen and oxygen atoms in total. The molecule has 0 amide bonds. The molecule has 0 atom stereocenters. The molecule has 0 bridgehead atoms. The second-order valence-corrected chi connectivity index (χ2v) is 1.23. The number of carbonyl (C=O) groups excluding carboxylic acids is 2. The maximum absolute atomic E-state index is 11.5. The van der Waals surface area contributed by atoms with E-state index in [1.165, 1.54) is 0 Å². The molecule has 0 N–H and O–H groups in total. The Balaban J connectivity index is 4.14. The first-order valence-corrected chi connectivity index (χ1v) is 1.91. The van der Waals surface area contributed by atoms with Gasteiger partial charge >= 0.3 is 5.92 Å². The summed E-state index contributed by atoms with van der Waals surface area (Å²) in [5.74, 6) is -6.33. The maximum Gasteiger partial charge on any atom is 0.372 e. The van der Waals surface area contributed by atoms with Gasteiger partial charge in [0.15, 0.2) is 6.67 Å². The molecule has 0 fully saturated rings. The van der Waals surface area contributed by atoms with Crippen LogP contribution in [-0.2, 0) is 9.59 Å². The summed E-state index contributed by atoms with van der Waals surface area (Å²) in [5, 5.41) is 0. The van der Waals surface area contributed by atoms with Gasteiger partial charge in [0.2, 0.25) is 5.78 Å². The smallest absolute Gasteiger partial charge is 0.289 e. The maximum atomic E-state index is 11.5. The monoisotopic (exact) mass is 139 g/mol. The molecule has 0 aromatic heterocycles. The van der Waals surface area contributed by atoms with Crippen LogP contribution in [0.2, 0.25) is 0 Å². The number of rotatable bonds is 3. The van der Waals surface area contributed by atoms with Gasteiger partial charge in [-0.05, 0) is 0 Å². The van der Waals surface area contributed by atoms with Gasteiger partial charge in [0.25, 0.3) is 6.29 Å². The summed E-state index contributed by atoms with van der Waals surface area (Å²) in [6, 6.07) is 0. The molecule has 51 valence electrons.